The van der Waals surface area contributed by atoms with E-state index in [2.05, 4.69) is 6.07 Å². The number of primary amides is 1. The number of benzene rings is 1. The summed E-state index contributed by atoms with van der Waals surface area (Å²) >= 11 is 0. The fraction of sp³-hybridized carbons (Fsp3) is 0.462. The maximum Gasteiger partial charge on any atom is 0.220 e. The molecule has 0 saturated heterocycles. The van der Waals surface area contributed by atoms with Gasteiger partial charge in [-0.15, -0.1) is 0 Å². The first-order chi connectivity index (χ1) is 7.54. The molecule has 0 radical (unpaired) electrons. The van der Waals surface area contributed by atoms with Crippen LogP contribution in [0.4, 0.5) is 0 Å². The highest BCUT2D eigenvalue weighted by molar-refractivity contribution is 5.77. The van der Waals surface area contributed by atoms with Crippen LogP contribution in [-0.2, 0) is 11.2 Å². The molecule has 0 bridgehead atoms. The number of hydrogen-bond acceptors (Lipinski definition) is 2. The summed E-state index contributed by atoms with van der Waals surface area (Å²) in [4.78, 5) is 11.2. The first-order valence-electron chi connectivity index (χ1n) is 5.51. The van der Waals surface area contributed by atoms with Crippen LogP contribution in [0.3, 0.4) is 0 Å². The third-order valence-corrected chi connectivity index (χ3v) is 2.84. The molecule has 1 amide bonds. The number of hydrogen-bond donors (Lipinski definition) is 2. The summed E-state index contributed by atoms with van der Waals surface area (Å²) in [5, 5.41) is 8.87. The van der Waals surface area contributed by atoms with Crippen molar-refractivity contribution >= 4 is 5.91 Å². The molecule has 1 unspecified atom stereocenters. The van der Waals surface area contributed by atoms with Gasteiger partial charge in [0.2, 0.25) is 5.91 Å². The fourth-order valence-corrected chi connectivity index (χ4v) is 1.84. The predicted octanol–water partition coefficient (Wildman–Crippen LogP) is 1.33. The van der Waals surface area contributed by atoms with Gasteiger partial charge in [-0.1, -0.05) is 23.8 Å². The highest BCUT2D eigenvalue weighted by atomic mass is 16.3. The Bertz CT molecular complexity index is 374. The molecule has 0 spiro atoms. The lowest BCUT2D eigenvalue weighted by Crippen LogP contribution is -2.26. The number of carbonyl (C=O) groups excluding carboxylic acids is 1. The summed E-state index contributed by atoms with van der Waals surface area (Å²) in [5.41, 5.74) is 8.81. The molecule has 0 saturated carbocycles. The SMILES string of the molecule is Cc1ccc(CC(CCO)C(N)=O)c(C)c1. The van der Waals surface area contributed by atoms with Crippen molar-refractivity contribution in [2.75, 3.05) is 6.61 Å². The summed E-state index contributed by atoms with van der Waals surface area (Å²) in [7, 11) is 0. The molecule has 88 valence electrons. The van der Waals surface area contributed by atoms with E-state index in [0.29, 0.717) is 12.8 Å². The molecule has 16 heavy (non-hydrogen) atoms. The number of aliphatic hydroxyl groups excluding tert-OH is 1. The van der Waals surface area contributed by atoms with Crippen LogP contribution in [0.25, 0.3) is 0 Å². The van der Waals surface area contributed by atoms with E-state index in [-0.39, 0.29) is 18.4 Å². The van der Waals surface area contributed by atoms with Gasteiger partial charge < -0.3 is 10.8 Å². The molecule has 0 aliphatic carbocycles. The molecule has 1 atom stereocenters. The van der Waals surface area contributed by atoms with Crippen molar-refractivity contribution in [1.29, 1.82) is 0 Å². The second kappa shape index (κ2) is 5.66. The van der Waals surface area contributed by atoms with Gasteiger partial charge >= 0.3 is 0 Å². The zero-order valence-corrected chi connectivity index (χ0v) is 9.86. The second-order valence-electron chi connectivity index (χ2n) is 4.25. The molecule has 1 aromatic rings. The Labute approximate surface area is 96.3 Å². The summed E-state index contributed by atoms with van der Waals surface area (Å²) in [6.45, 7) is 4.06. The lowest BCUT2D eigenvalue weighted by atomic mass is 9.92. The Kier molecular flexibility index (Phi) is 4.50. The average Bonchev–Trinajstić information content (AvgIpc) is 2.20. The molecule has 0 fully saturated rings. The number of rotatable bonds is 5. The van der Waals surface area contributed by atoms with E-state index in [1.54, 1.807) is 0 Å². The molecule has 3 nitrogen and oxygen atoms in total. The number of amides is 1. The Hall–Kier alpha value is -1.35. The molecule has 0 aliphatic rings. The van der Waals surface area contributed by atoms with Crippen LogP contribution in [0.15, 0.2) is 18.2 Å². The van der Waals surface area contributed by atoms with Gasteiger partial charge in [-0.25, -0.2) is 0 Å². The van der Waals surface area contributed by atoms with E-state index in [4.69, 9.17) is 10.8 Å². The lowest BCUT2D eigenvalue weighted by Gasteiger charge is -2.14. The van der Waals surface area contributed by atoms with E-state index < -0.39 is 0 Å². The summed E-state index contributed by atoms with van der Waals surface area (Å²) in [5.74, 6) is -0.611. The predicted molar refractivity (Wildman–Crippen MR) is 64.0 cm³/mol. The first kappa shape index (κ1) is 12.7. The minimum absolute atomic E-state index is 0.00147. The van der Waals surface area contributed by atoms with Gasteiger partial charge in [0, 0.05) is 12.5 Å². The van der Waals surface area contributed by atoms with Crippen molar-refractivity contribution in [3.63, 3.8) is 0 Å². The highest BCUT2D eigenvalue weighted by Gasteiger charge is 2.16. The average molecular weight is 221 g/mol. The molecule has 3 heteroatoms. The Morgan fingerprint density at radius 2 is 2.12 bits per heavy atom. The van der Waals surface area contributed by atoms with Crippen molar-refractivity contribution in [1.82, 2.24) is 0 Å². The van der Waals surface area contributed by atoms with Gasteiger partial charge in [0.1, 0.15) is 0 Å². The van der Waals surface area contributed by atoms with Crippen LogP contribution in [0.2, 0.25) is 0 Å². The van der Waals surface area contributed by atoms with Crippen molar-refractivity contribution in [3.05, 3.63) is 34.9 Å². The number of nitrogens with two attached hydrogens (primary N) is 1. The summed E-state index contributed by atoms with van der Waals surface area (Å²) in [6.07, 6.45) is 1.05. The van der Waals surface area contributed by atoms with Crippen LogP contribution in [0.1, 0.15) is 23.1 Å². The van der Waals surface area contributed by atoms with Gasteiger partial charge in [0.25, 0.3) is 0 Å². The van der Waals surface area contributed by atoms with E-state index >= 15 is 0 Å². The highest BCUT2D eigenvalue weighted by Crippen LogP contribution is 2.17. The van der Waals surface area contributed by atoms with Gasteiger partial charge in [-0.3, -0.25) is 4.79 Å². The van der Waals surface area contributed by atoms with Crippen molar-refractivity contribution < 1.29 is 9.90 Å². The van der Waals surface area contributed by atoms with Crippen molar-refractivity contribution in [3.8, 4) is 0 Å². The van der Waals surface area contributed by atoms with Crippen LogP contribution < -0.4 is 5.73 Å². The standard InChI is InChI=1S/C13H19NO2/c1-9-3-4-11(10(2)7-9)8-12(5-6-15)13(14)16/h3-4,7,12,15H,5-6,8H2,1-2H3,(H2,14,16). The van der Waals surface area contributed by atoms with Gasteiger partial charge in [0.15, 0.2) is 0 Å². The van der Waals surface area contributed by atoms with Crippen LogP contribution in [0.5, 0.6) is 0 Å². The number of aryl methyl sites for hydroxylation is 2. The zero-order chi connectivity index (χ0) is 12.1. The number of aliphatic hydroxyl groups is 1. The van der Waals surface area contributed by atoms with Crippen molar-refractivity contribution in [2.45, 2.75) is 26.7 Å². The smallest absolute Gasteiger partial charge is 0.220 e. The van der Waals surface area contributed by atoms with E-state index in [0.717, 1.165) is 5.56 Å². The van der Waals surface area contributed by atoms with Gasteiger partial charge in [0.05, 0.1) is 0 Å². The third-order valence-electron chi connectivity index (χ3n) is 2.84. The minimum atomic E-state index is -0.339. The van der Waals surface area contributed by atoms with Crippen LogP contribution in [-0.4, -0.2) is 17.6 Å². The molecule has 1 rings (SSSR count). The third kappa shape index (κ3) is 3.35. The normalized spacial score (nSPS) is 12.4. The Balaban J connectivity index is 2.81. The summed E-state index contributed by atoms with van der Waals surface area (Å²) in [6, 6.07) is 6.14. The van der Waals surface area contributed by atoms with Crippen LogP contribution >= 0.6 is 0 Å². The van der Waals surface area contributed by atoms with Gasteiger partial charge in [-0.05, 0) is 37.8 Å². The zero-order valence-electron chi connectivity index (χ0n) is 9.86. The first-order valence-corrected chi connectivity index (χ1v) is 5.51. The maximum absolute atomic E-state index is 11.2. The monoisotopic (exact) mass is 221 g/mol. The summed E-state index contributed by atoms with van der Waals surface area (Å²) < 4.78 is 0. The molecular weight excluding hydrogens is 202 g/mol. The van der Waals surface area contributed by atoms with Crippen LogP contribution in [0, 0.1) is 19.8 Å². The molecule has 0 aliphatic heterocycles. The molecule has 1 aromatic carbocycles. The largest absolute Gasteiger partial charge is 0.396 e. The van der Waals surface area contributed by atoms with Gasteiger partial charge in [-0.2, -0.15) is 0 Å². The van der Waals surface area contributed by atoms with E-state index in [9.17, 15) is 4.79 Å². The van der Waals surface area contributed by atoms with E-state index in [1.165, 1.54) is 11.1 Å². The molecule has 0 aromatic heterocycles. The molecule has 0 heterocycles. The van der Waals surface area contributed by atoms with Crippen molar-refractivity contribution in [2.24, 2.45) is 11.7 Å². The van der Waals surface area contributed by atoms with E-state index in [1.807, 2.05) is 26.0 Å². The number of carbonyl (C=O) groups is 1. The fourth-order valence-electron chi connectivity index (χ4n) is 1.84. The molecular formula is C13H19NO2. The quantitative estimate of drug-likeness (QED) is 0.788. The Morgan fingerprint density at radius 1 is 1.44 bits per heavy atom. The molecule has 3 N–H and O–H groups in total. The maximum atomic E-state index is 11.2. The topological polar surface area (TPSA) is 63.3 Å². The Morgan fingerprint density at radius 3 is 2.62 bits per heavy atom. The lowest BCUT2D eigenvalue weighted by molar-refractivity contribution is -0.122. The second-order valence-corrected chi connectivity index (χ2v) is 4.25. The minimum Gasteiger partial charge on any atom is -0.396 e.